The molecule has 1 N–H and O–H groups in total. The maximum Gasteiger partial charge on any atom is 0.0438 e. The summed E-state index contributed by atoms with van der Waals surface area (Å²) in [4.78, 5) is 0. The lowest BCUT2D eigenvalue weighted by molar-refractivity contribution is 0.268. The Morgan fingerprint density at radius 2 is 2.00 bits per heavy atom. The smallest absolute Gasteiger partial charge is 0.0438 e. The predicted molar refractivity (Wildman–Crippen MR) is 79.1 cm³/mol. The molecule has 0 atom stereocenters. The third-order valence-electron chi connectivity index (χ3n) is 4.48. The van der Waals surface area contributed by atoms with Gasteiger partial charge in [0.2, 0.25) is 0 Å². The van der Waals surface area contributed by atoms with Gasteiger partial charge in [-0.3, -0.25) is 0 Å². The van der Waals surface area contributed by atoms with Gasteiger partial charge in [-0.05, 0) is 48.8 Å². The standard InChI is InChI=1S/C16H24ClN/c1-3-16(8-4-5-9-16)12-18-11-14-7-6-13(2)15(17)10-14/h6-7,10,18H,3-5,8-9,11-12H2,1-2H3. The lowest BCUT2D eigenvalue weighted by Crippen LogP contribution is -2.31. The third kappa shape index (κ3) is 3.27. The fourth-order valence-electron chi connectivity index (χ4n) is 3.00. The molecule has 0 heterocycles. The molecule has 18 heavy (non-hydrogen) atoms. The van der Waals surface area contributed by atoms with Crippen LogP contribution in [0.5, 0.6) is 0 Å². The minimum Gasteiger partial charge on any atom is -0.312 e. The van der Waals surface area contributed by atoms with Gasteiger partial charge in [0.05, 0.1) is 0 Å². The largest absolute Gasteiger partial charge is 0.312 e. The normalized spacial score (nSPS) is 18.2. The molecule has 0 unspecified atom stereocenters. The Morgan fingerprint density at radius 3 is 2.61 bits per heavy atom. The van der Waals surface area contributed by atoms with Gasteiger partial charge < -0.3 is 5.32 Å². The Hall–Kier alpha value is -0.530. The fourth-order valence-corrected chi connectivity index (χ4v) is 3.20. The topological polar surface area (TPSA) is 12.0 Å². The first-order valence-corrected chi connectivity index (χ1v) is 7.49. The van der Waals surface area contributed by atoms with E-state index in [0.717, 1.165) is 23.7 Å². The van der Waals surface area contributed by atoms with Gasteiger partial charge >= 0.3 is 0 Å². The SMILES string of the molecule is CCC1(CNCc2ccc(C)c(Cl)c2)CCCC1. The van der Waals surface area contributed by atoms with Crippen LogP contribution in [0, 0.1) is 12.3 Å². The Morgan fingerprint density at radius 1 is 1.28 bits per heavy atom. The zero-order chi connectivity index (χ0) is 13.0. The van der Waals surface area contributed by atoms with E-state index < -0.39 is 0 Å². The lowest BCUT2D eigenvalue weighted by Gasteiger charge is -2.27. The van der Waals surface area contributed by atoms with Crippen LogP contribution in [0.4, 0.5) is 0 Å². The van der Waals surface area contributed by atoms with Gasteiger partial charge in [-0.2, -0.15) is 0 Å². The molecule has 0 saturated heterocycles. The van der Waals surface area contributed by atoms with E-state index in [1.54, 1.807) is 0 Å². The highest BCUT2D eigenvalue weighted by Crippen LogP contribution is 2.40. The van der Waals surface area contributed by atoms with Crippen molar-refractivity contribution in [2.75, 3.05) is 6.54 Å². The maximum absolute atomic E-state index is 6.15. The summed E-state index contributed by atoms with van der Waals surface area (Å²) in [7, 11) is 0. The molecule has 0 radical (unpaired) electrons. The molecule has 2 rings (SSSR count). The van der Waals surface area contributed by atoms with Crippen LogP contribution in [0.1, 0.15) is 50.2 Å². The molecule has 1 aromatic rings. The van der Waals surface area contributed by atoms with Crippen LogP contribution >= 0.6 is 11.6 Å². The molecule has 1 aromatic carbocycles. The molecular weight excluding hydrogens is 242 g/mol. The van der Waals surface area contributed by atoms with Crippen LogP contribution in [0.2, 0.25) is 5.02 Å². The van der Waals surface area contributed by atoms with E-state index in [0.29, 0.717) is 5.41 Å². The average Bonchev–Trinajstić information content (AvgIpc) is 2.83. The van der Waals surface area contributed by atoms with Crippen LogP contribution in [0.25, 0.3) is 0 Å². The summed E-state index contributed by atoms with van der Waals surface area (Å²) in [5.41, 5.74) is 3.00. The summed E-state index contributed by atoms with van der Waals surface area (Å²) in [5, 5.41) is 4.50. The van der Waals surface area contributed by atoms with Gasteiger partial charge in [0.15, 0.2) is 0 Å². The molecular formula is C16H24ClN. The predicted octanol–water partition coefficient (Wildman–Crippen LogP) is 4.71. The third-order valence-corrected chi connectivity index (χ3v) is 4.89. The van der Waals surface area contributed by atoms with Gasteiger partial charge in [0.1, 0.15) is 0 Å². The molecule has 0 bridgehead atoms. The Bertz CT molecular complexity index is 394. The molecule has 1 saturated carbocycles. The molecule has 0 amide bonds. The van der Waals surface area contributed by atoms with Crippen molar-refractivity contribution in [3.63, 3.8) is 0 Å². The summed E-state index contributed by atoms with van der Waals surface area (Å²) in [5.74, 6) is 0. The zero-order valence-corrected chi connectivity index (χ0v) is 12.3. The van der Waals surface area contributed by atoms with Crippen LogP contribution in [0.15, 0.2) is 18.2 Å². The summed E-state index contributed by atoms with van der Waals surface area (Å²) in [6.45, 7) is 6.45. The molecule has 1 aliphatic carbocycles. The monoisotopic (exact) mass is 265 g/mol. The number of aryl methyl sites for hydroxylation is 1. The Kier molecular flexibility index (Phi) is 4.69. The van der Waals surface area contributed by atoms with E-state index in [1.165, 1.54) is 37.7 Å². The summed E-state index contributed by atoms with van der Waals surface area (Å²) in [6, 6.07) is 6.35. The Balaban J connectivity index is 1.86. The van der Waals surface area contributed by atoms with Crippen molar-refractivity contribution in [2.45, 2.75) is 52.5 Å². The second-order valence-electron chi connectivity index (χ2n) is 5.75. The molecule has 1 fully saturated rings. The Labute approximate surface area is 116 Å². The van der Waals surface area contributed by atoms with E-state index in [4.69, 9.17) is 11.6 Å². The number of nitrogens with one attached hydrogen (secondary N) is 1. The summed E-state index contributed by atoms with van der Waals surface area (Å²) >= 11 is 6.15. The van der Waals surface area contributed by atoms with Gasteiger partial charge in [-0.1, -0.05) is 43.5 Å². The first-order chi connectivity index (χ1) is 8.65. The summed E-state index contributed by atoms with van der Waals surface area (Å²) < 4.78 is 0. The van der Waals surface area contributed by atoms with E-state index in [9.17, 15) is 0 Å². The number of hydrogen-bond acceptors (Lipinski definition) is 1. The van der Waals surface area contributed by atoms with E-state index in [-0.39, 0.29) is 0 Å². The van der Waals surface area contributed by atoms with Crippen LogP contribution < -0.4 is 5.32 Å². The minimum atomic E-state index is 0.564. The number of rotatable bonds is 5. The number of hydrogen-bond donors (Lipinski definition) is 1. The second-order valence-corrected chi connectivity index (χ2v) is 6.15. The van der Waals surface area contributed by atoms with E-state index >= 15 is 0 Å². The number of halogens is 1. The van der Waals surface area contributed by atoms with Gasteiger partial charge in [-0.15, -0.1) is 0 Å². The minimum absolute atomic E-state index is 0.564. The molecule has 2 heteroatoms. The van der Waals surface area contributed by atoms with Crippen molar-refractivity contribution >= 4 is 11.6 Å². The highest BCUT2D eigenvalue weighted by Gasteiger charge is 2.31. The van der Waals surface area contributed by atoms with Gasteiger partial charge in [-0.25, -0.2) is 0 Å². The molecule has 0 aromatic heterocycles. The maximum atomic E-state index is 6.15. The first kappa shape index (κ1) is 13.9. The zero-order valence-electron chi connectivity index (χ0n) is 11.6. The van der Waals surface area contributed by atoms with Crippen LogP contribution in [-0.2, 0) is 6.54 Å². The summed E-state index contributed by atoms with van der Waals surface area (Å²) in [6.07, 6.45) is 6.91. The molecule has 100 valence electrons. The van der Waals surface area contributed by atoms with Crippen molar-refractivity contribution in [3.05, 3.63) is 34.3 Å². The highest BCUT2D eigenvalue weighted by molar-refractivity contribution is 6.31. The lowest BCUT2D eigenvalue weighted by atomic mass is 9.83. The number of benzene rings is 1. The highest BCUT2D eigenvalue weighted by atomic mass is 35.5. The quantitative estimate of drug-likeness (QED) is 0.813. The van der Waals surface area contributed by atoms with Crippen LogP contribution in [-0.4, -0.2) is 6.54 Å². The average molecular weight is 266 g/mol. The van der Waals surface area contributed by atoms with Crippen molar-refractivity contribution in [2.24, 2.45) is 5.41 Å². The second kappa shape index (κ2) is 6.08. The van der Waals surface area contributed by atoms with Crippen molar-refractivity contribution in [1.82, 2.24) is 5.32 Å². The van der Waals surface area contributed by atoms with E-state index in [1.807, 2.05) is 6.92 Å². The fraction of sp³-hybridized carbons (Fsp3) is 0.625. The van der Waals surface area contributed by atoms with Crippen molar-refractivity contribution in [1.29, 1.82) is 0 Å². The van der Waals surface area contributed by atoms with E-state index in [2.05, 4.69) is 30.4 Å². The molecule has 1 nitrogen and oxygen atoms in total. The van der Waals surface area contributed by atoms with Crippen molar-refractivity contribution < 1.29 is 0 Å². The van der Waals surface area contributed by atoms with Crippen molar-refractivity contribution in [3.8, 4) is 0 Å². The first-order valence-electron chi connectivity index (χ1n) is 7.11. The molecule has 1 aliphatic rings. The van der Waals surface area contributed by atoms with Gasteiger partial charge in [0, 0.05) is 18.1 Å². The molecule has 0 spiro atoms. The molecule has 0 aliphatic heterocycles. The van der Waals surface area contributed by atoms with Gasteiger partial charge in [0.25, 0.3) is 0 Å². The van der Waals surface area contributed by atoms with Crippen LogP contribution in [0.3, 0.4) is 0 Å².